The van der Waals surface area contributed by atoms with E-state index in [1.54, 1.807) is 24.3 Å². The van der Waals surface area contributed by atoms with Gasteiger partial charge in [-0.25, -0.2) is 4.98 Å². The van der Waals surface area contributed by atoms with E-state index in [-0.39, 0.29) is 12.5 Å². The van der Waals surface area contributed by atoms with Crippen molar-refractivity contribution < 1.29 is 9.53 Å². The number of nitrogens with zero attached hydrogens (tertiary/aromatic N) is 2. The standard InChI is InChI=1S/C24H22ClN3O2/c25-19-10-12-20(13-11-19)30-17-24(29)26-16-23-27-21-8-4-5-9-22(21)28(23)15-14-18-6-2-1-3-7-18/h1-13H,14-17H2,(H,26,29). The number of para-hydroxylation sites is 2. The third-order valence-electron chi connectivity index (χ3n) is 4.83. The van der Waals surface area contributed by atoms with Gasteiger partial charge >= 0.3 is 0 Å². The maximum atomic E-state index is 12.3. The number of fused-ring (bicyclic) bond motifs is 1. The summed E-state index contributed by atoms with van der Waals surface area (Å²) < 4.78 is 7.68. The number of nitrogens with one attached hydrogen (secondary N) is 1. The molecule has 0 saturated heterocycles. The van der Waals surface area contributed by atoms with E-state index in [0.29, 0.717) is 17.3 Å². The van der Waals surface area contributed by atoms with Gasteiger partial charge in [-0.1, -0.05) is 54.1 Å². The molecule has 0 atom stereocenters. The van der Waals surface area contributed by atoms with Gasteiger partial charge in [-0.2, -0.15) is 0 Å². The topological polar surface area (TPSA) is 56.1 Å². The molecule has 0 bridgehead atoms. The molecule has 1 N–H and O–H groups in total. The maximum Gasteiger partial charge on any atom is 0.258 e. The zero-order valence-corrected chi connectivity index (χ0v) is 17.2. The molecule has 3 aromatic carbocycles. The van der Waals surface area contributed by atoms with Crippen LogP contribution in [0.25, 0.3) is 11.0 Å². The van der Waals surface area contributed by atoms with Crippen LogP contribution in [0.4, 0.5) is 0 Å². The van der Waals surface area contributed by atoms with Crippen LogP contribution in [0.2, 0.25) is 5.02 Å². The van der Waals surface area contributed by atoms with Crippen molar-refractivity contribution in [2.45, 2.75) is 19.5 Å². The quantitative estimate of drug-likeness (QED) is 0.453. The Labute approximate surface area is 180 Å². The van der Waals surface area contributed by atoms with Gasteiger partial charge in [-0.3, -0.25) is 4.79 Å². The molecule has 0 aliphatic rings. The second kappa shape index (κ2) is 9.46. The fourth-order valence-electron chi connectivity index (χ4n) is 3.30. The lowest BCUT2D eigenvalue weighted by Gasteiger charge is -2.11. The van der Waals surface area contributed by atoms with Gasteiger partial charge in [-0.05, 0) is 48.4 Å². The molecule has 30 heavy (non-hydrogen) atoms. The highest BCUT2D eigenvalue weighted by Gasteiger charge is 2.12. The lowest BCUT2D eigenvalue weighted by molar-refractivity contribution is -0.123. The van der Waals surface area contributed by atoms with Crippen LogP contribution in [0.5, 0.6) is 5.75 Å². The van der Waals surface area contributed by atoms with Crippen molar-refractivity contribution in [3.8, 4) is 5.75 Å². The van der Waals surface area contributed by atoms with Gasteiger partial charge in [0.1, 0.15) is 11.6 Å². The van der Waals surface area contributed by atoms with Crippen LogP contribution in [-0.2, 0) is 24.3 Å². The summed E-state index contributed by atoms with van der Waals surface area (Å²) in [6.07, 6.45) is 0.891. The van der Waals surface area contributed by atoms with E-state index >= 15 is 0 Å². The lowest BCUT2D eigenvalue weighted by atomic mass is 10.1. The fourth-order valence-corrected chi connectivity index (χ4v) is 3.43. The number of aryl methyl sites for hydroxylation is 2. The lowest BCUT2D eigenvalue weighted by Crippen LogP contribution is -2.29. The summed E-state index contributed by atoms with van der Waals surface area (Å²) in [4.78, 5) is 17.0. The number of halogens is 1. The minimum atomic E-state index is -0.202. The second-order valence-electron chi connectivity index (χ2n) is 6.92. The van der Waals surface area contributed by atoms with E-state index in [1.807, 2.05) is 36.4 Å². The number of ether oxygens (including phenoxy) is 1. The highest BCUT2D eigenvalue weighted by Crippen LogP contribution is 2.18. The first-order chi connectivity index (χ1) is 14.7. The van der Waals surface area contributed by atoms with E-state index in [0.717, 1.165) is 29.8 Å². The Hall–Kier alpha value is -3.31. The highest BCUT2D eigenvalue weighted by atomic mass is 35.5. The molecule has 0 aliphatic carbocycles. The van der Waals surface area contributed by atoms with Gasteiger partial charge in [0, 0.05) is 11.6 Å². The van der Waals surface area contributed by atoms with Crippen molar-refractivity contribution in [2.24, 2.45) is 0 Å². The summed E-state index contributed by atoms with van der Waals surface area (Å²) in [5.41, 5.74) is 3.25. The highest BCUT2D eigenvalue weighted by molar-refractivity contribution is 6.30. The Kier molecular flexibility index (Phi) is 6.30. The number of carbonyl (C=O) groups is 1. The van der Waals surface area contributed by atoms with Crippen LogP contribution in [0.3, 0.4) is 0 Å². The van der Waals surface area contributed by atoms with Crippen molar-refractivity contribution in [3.63, 3.8) is 0 Å². The Morgan fingerprint density at radius 1 is 0.967 bits per heavy atom. The first kappa shape index (κ1) is 20.0. The molecular formula is C24H22ClN3O2. The number of benzene rings is 3. The van der Waals surface area contributed by atoms with Crippen molar-refractivity contribution in [1.82, 2.24) is 14.9 Å². The summed E-state index contributed by atoms with van der Waals surface area (Å²) in [7, 11) is 0. The molecule has 0 spiro atoms. The van der Waals surface area contributed by atoms with Crippen molar-refractivity contribution in [2.75, 3.05) is 6.61 Å². The van der Waals surface area contributed by atoms with Crippen LogP contribution in [0, 0.1) is 0 Å². The Morgan fingerprint density at radius 3 is 2.50 bits per heavy atom. The number of amides is 1. The van der Waals surface area contributed by atoms with Crippen molar-refractivity contribution >= 4 is 28.5 Å². The molecule has 0 aliphatic heterocycles. The molecule has 0 unspecified atom stereocenters. The minimum absolute atomic E-state index is 0.0636. The number of hydrogen-bond acceptors (Lipinski definition) is 3. The largest absolute Gasteiger partial charge is 0.484 e. The Bertz CT molecular complexity index is 1120. The monoisotopic (exact) mass is 419 g/mol. The SMILES string of the molecule is O=C(COc1ccc(Cl)cc1)NCc1nc2ccccc2n1CCc1ccccc1. The summed E-state index contributed by atoms with van der Waals surface area (Å²) in [5, 5.41) is 3.53. The van der Waals surface area contributed by atoms with Crippen LogP contribution in [0.1, 0.15) is 11.4 Å². The summed E-state index contributed by atoms with van der Waals surface area (Å²) in [6.45, 7) is 1.06. The second-order valence-corrected chi connectivity index (χ2v) is 7.36. The number of hydrogen-bond donors (Lipinski definition) is 1. The molecule has 0 radical (unpaired) electrons. The van der Waals surface area contributed by atoms with E-state index in [2.05, 4.69) is 28.1 Å². The smallest absolute Gasteiger partial charge is 0.258 e. The summed E-state index contributed by atoms with van der Waals surface area (Å²) in [5.74, 6) is 1.23. The molecule has 1 amide bonds. The molecule has 5 nitrogen and oxygen atoms in total. The fraction of sp³-hybridized carbons (Fsp3) is 0.167. The zero-order chi connectivity index (χ0) is 20.8. The average molecular weight is 420 g/mol. The van der Waals surface area contributed by atoms with E-state index in [4.69, 9.17) is 21.3 Å². The molecule has 1 aromatic heterocycles. The molecule has 4 aromatic rings. The van der Waals surface area contributed by atoms with E-state index in [1.165, 1.54) is 5.56 Å². The predicted octanol–water partition coefficient (Wildman–Crippen LogP) is 4.63. The van der Waals surface area contributed by atoms with Crippen LogP contribution >= 0.6 is 11.6 Å². The first-order valence-corrected chi connectivity index (χ1v) is 10.2. The maximum absolute atomic E-state index is 12.3. The summed E-state index contributed by atoms with van der Waals surface area (Å²) in [6, 6.07) is 25.3. The van der Waals surface area contributed by atoms with Gasteiger partial charge in [0.05, 0.1) is 17.6 Å². The van der Waals surface area contributed by atoms with Crippen molar-refractivity contribution in [3.05, 3.63) is 95.3 Å². The van der Waals surface area contributed by atoms with Gasteiger partial charge in [0.25, 0.3) is 5.91 Å². The number of carbonyl (C=O) groups excluding carboxylic acids is 1. The Balaban J connectivity index is 1.41. The van der Waals surface area contributed by atoms with E-state index < -0.39 is 0 Å². The molecular weight excluding hydrogens is 398 g/mol. The molecule has 0 saturated carbocycles. The third-order valence-corrected chi connectivity index (χ3v) is 5.08. The third kappa shape index (κ3) is 4.99. The van der Waals surface area contributed by atoms with Crippen LogP contribution in [-0.4, -0.2) is 22.1 Å². The van der Waals surface area contributed by atoms with Gasteiger partial charge in [0.15, 0.2) is 6.61 Å². The molecule has 0 fully saturated rings. The Morgan fingerprint density at radius 2 is 1.70 bits per heavy atom. The first-order valence-electron chi connectivity index (χ1n) is 9.82. The molecule has 1 heterocycles. The van der Waals surface area contributed by atoms with E-state index in [9.17, 15) is 4.79 Å². The predicted molar refractivity (Wildman–Crippen MR) is 119 cm³/mol. The normalized spacial score (nSPS) is 10.8. The van der Waals surface area contributed by atoms with Crippen molar-refractivity contribution in [1.29, 1.82) is 0 Å². The average Bonchev–Trinajstić information content (AvgIpc) is 3.14. The number of rotatable bonds is 8. The van der Waals surface area contributed by atoms with Crippen LogP contribution in [0.15, 0.2) is 78.9 Å². The number of imidazole rings is 1. The van der Waals surface area contributed by atoms with Gasteiger partial charge in [-0.15, -0.1) is 0 Å². The van der Waals surface area contributed by atoms with Gasteiger partial charge in [0.2, 0.25) is 0 Å². The summed E-state index contributed by atoms with van der Waals surface area (Å²) >= 11 is 5.86. The van der Waals surface area contributed by atoms with Crippen LogP contribution < -0.4 is 10.1 Å². The molecule has 6 heteroatoms. The zero-order valence-electron chi connectivity index (χ0n) is 16.4. The van der Waals surface area contributed by atoms with Gasteiger partial charge < -0.3 is 14.6 Å². The molecule has 152 valence electrons. The number of aromatic nitrogens is 2. The molecule has 4 rings (SSSR count). The minimum Gasteiger partial charge on any atom is -0.484 e.